The first-order chi connectivity index (χ1) is 26.6. The van der Waals surface area contributed by atoms with Crippen molar-refractivity contribution in [3.63, 3.8) is 0 Å². The molecule has 0 saturated carbocycles. The maximum Gasteiger partial charge on any atom is 0.245 e. The topological polar surface area (TPSA) is 167 Å². The zero-order valence-corrected chi connectivity index (χ0v) is 31.6. The largest absolute Gasteiger partial charge is 0.497 e. The molecule has 0 aliphatic heterocycles. The van der Waals surface area contributed by atoms with Crippen molar-refractivity contribution < 1.29 is 37.7 Å². The number of carbonyl (C=O) groups excluding carboxylic acids is 3. The predicted molar refractivity (Wildman–Crippen MR) is 209 cm³/mol. The van der Waals surface area contributed by atoms with E-state index in [2.05, 4.69) is 20.9 Å². The molecule has 7 rings (SSSR count). The first-order valence-corrected chi connectivity index (χ1v) is 18.2. The van der Waals surface area contributed by atoms with Crippen molar-refractivity contribution in [2.75, 3.05) is 40.3 Å². The quantitative estimate of drug-likeness (QED) is 0.139. The van der Waals surface area contributed by atoms with Gasteiger partial charge in [-0.2, -0.15) is 0 Å². The number of rotatable bonds is 11. The number of hydrogen-bond acceptors (Lipinski definition) is 11. The third kappa shape index (κ3) is 7.28. The summed E-state index contributed by atoms with van der Waals surface area (Å²) in [6.07, 6.45) is 0.755. The second-order valence-electron chi connectivity index (χ2n) is 12.9. The number of ether oxygens (including phenoxy) is 4. The summed E-state index contributed by atoms with van der Waals surface area (Å²) in [4.78, 5) is 57.8. The van der Waals surface area contributed by atoms with E-state index in [1.807, 2.05) is 48.5 Å². The Bertz CT molecular complexity index is 2530. The summed E-state index contributed by atoms with van der Waals surface area (Å²) >= 11 is 1.29. The maximum atomic E-state index is 14.2. The number of fused-ring (bicyclic) bond motifs is 5. The number of furan rings is 1. The fourth-order valence-corrected chi connectivity index (χ4v) is 7.94. The van der Waals surface area contributed by atoms with Crippen LogP contribution in [0.15, 0.2) is 75.9 Å². The van der Waals surface area contributed by atoms with E-state index in [1.165, 1.54) is 45.7 Å². The van der Waals surface area contributed by atoms with Crippen LogP contribution < -0.4 is 40.3 Å². The van der Waals surface area contributed by atoms with E-state index in [1.54, 1.807) is 19.2 Å². The molecule has 282 valence electrons. The van der Waals surface area contributed by atoms with Crippen molar-refractivity contribution >= 4 is 55.4 Å². The van der Waals surface area contributed by atoms with E-state index in [0.717, 1.165) is 10.3 Å². The van der Waals surface area contributed by atoms with Gasteiger partial charge < -0.3 is 39.3 Å². The van der Waals surface area contributed by atoms with Crippen LogP contribution in [-0.2, 0) is 27.2 Å². The fourth-order valence-electron chi connectivity index (χ4n) is 7.03. The van der Waals surface area contributed by atoms with E-state index in [0.29, 0.717) is 85.5 Å². The number of benzene rings is 3. The van der Waals surface area contributed by atoms with E-state index >= 15 is 0 Å². The Balaban J connectivity index is 1.32. The molecular weight excluding hydrogens is 725 g/mol. The molecule has 0 fully saturated rings. The van der Waals surface area contributed by atoms with Gasteiger partial charge in [0.05, 0.1) is 57.7 Å². The molecule has 14 heteroatoms. The highest BCUT2D eigenvalue weighted by atomic mass is 32.1. The van der Waals surface area contributed by atoms with E-state index in [-0.39, 0.29) is 24.5 Å². The number of amides is 3. The summed E-state index contributed by atoms with van der Waals surface area (Å²) < 4.78 is 29.9. The summed E-state index contributed by atoms with van der Waals surface area (Å²) in [5, 5.41) is 9.24. The molecule has 13 nitrogen and oxygen atoms in total. The summed E-state index contributed by atoms with van der Waals surface area (Å²) in [6, 6.07) is 19.2. The van der Waals surface area contributed by atoms with Crippen LogP contribution in [0.2, 0.25) is 0 Å². The fraction of sp³-hybridized carbons (Fsp3) is 0.244. The molecule has 0 bridgehead atoms. The van der Waals surface area contributed by atoms with Gasteiger partial charge in [0.1, 0.15) is 11.5 Å². The molecule has 1 atom stereocenters. The van der Waals surface area contributed by atoms with Crippen LogP contribution in [0.25, 0.3) is 43.6 Å². The van der Waals surface area contributed by atoms with Crippen molar-refractivity contribution in [2.45, 2.75) is 32.2 Å². The van der Waals surface area contributed by atoms with Gasteiger partial charge in [0.2, 0.25) is 28.9 Å². The van der Waals surface area contributed by atoms with Crippen LogP contribution >= 0.6 is 11.3 Å². The highest BCUT2D eigenvalue weighted by molar-refractivity contribution is 7.22. The minimum Gasteiger partial charge on any atom is -0.497 e. The van der Waals surface area contributed by atoms with Crippen molar-refractivity contribution in [3.8, 4) is 45.4 Å². The Hall–Kier alpha value is -6.41. The molecule has 0 spiro atoms. The van der Waals surface area contributed by atoms with Gasteiger partial charge in [0.15, 0.2) is 22.2 Å². The molecule has 6 aromatic rings. The Morgan fingerprint density at radius 3 is 2.40 bits per heavy atom. The Labute approximate surface area is 319 Å². The number of hydrogen-bond donors (Lipinski definition) is 3. The molecule has 0 unspecified atom stereocenters. The number of nitrogens with zero attached hydrogens (tertiary/aromatic N) is 1. The summed E-state index contributed by atoms with van der Waals surface area (Å²) in [5.41, 5.74) is 4.03. The third-order valence-electron chi connectivity index (χ3n) is 9.46. The monoisotopic (exact) mass is 762 g/mol. The van der Waals surface area contributed by atoms with Gasteiger partial charge in [-0.1, -0.05) is 41.7 Å². The van der Waals surface area contributed by atoms with Gasteiger partial charge in [0.25, 0.3) is 0 Å². The van der Waals surface area contributed by atoms with Crippen LogP contribution in [0.1, 0.15) is 36.1 Å². The Morgan fingerprint density at radius 1 is 0.909 bits per heavy atom. The zero-order valence-electron chi connectivity index (χ0n) is 30.8. The Morgan fingerprint density at radius 2 is 1.69 bits per heavy atom. The highest BCUT2D eigenvalue weighted by Crippen LogP contribution is 2.51. The molecule has 0 saturated heterocycles. The SMILES string of the molecule is COc1ccc2nc(NC(=O)CNC(=O)Cc3c(-c4ccccc4)oc4c(=O)cc5c(cc34)-c3c(cc(OC)c(OC)c3OC)CC[C@@H]5NC(C)=O)sc2c1. The number of anilines is 1. The number of carbonyl (C=O) groups is 3. The highest BCUT2D eigenvalue weighted by Gasteiger charge is 2.31. The molecule has 1 aliphatic carbocycles. The minimum absolute atomic E-state index is 0.0301. The van der Waals surface area contributed by atoms with Gasteiger partial charge in [0, 0.05) is 29.0 Å². The number of aromatic nitrogens is 1. The molecule has 2 aromatic heterocycles. The molecular formula is C41H38N4O9S. The number of methoxy groups -OCH3 is 4. The van der Waals surface area contributed by atoms with Gasteiger partial charge in [-0.25, -0.2) is 4.98 Å². The second kappa shape index (κ2) is 15.5. The predicted octanol–water partition coefficient (Wildman–Crippen LogP) is 6.19. The first-order valence-electron chi connectivity index (χ1n) is 17.4. The number of thiazole rings is 1. The van der Waals surface area contributed by atoms with Gasteiger partial charge in [-0.05, 0) is 65.9 Å². The summed E-state index contributed by atoms with van der Waals surface area (Å²) in [6.45, 7) is 1.10. The van der Waals surface area contributed by atoms with Crippen LogP contribution in [0.3, 0.4) is 0 Å². The molecule has 55 heavy (non-hydrogen) atoms. The van der Waals surface area contributed by atoms with E-state index in [4.69, 9.17) is 23.4 Å². The number of nitrogens with one attached hydrogen (secondary N) is 3. The van der Waals surface area contributed by atoms with Crippen molar-refractivity contribution in [3.05, 3.63) is 93.6 Å². The summed E-state index contributed by atoms with van der Waals surface area (Å²) in [5.74, 6) is 1.02. The lowest BCUT2D eigenvalue weighted by atomic mass is 9.94. The zero-order chi connectivity index (χ0) is 38.8. The average molecular weight is 763 g/mol. The molecule has 4 aromatic carbocycles. The van der Waals surface area contributed by atoms with E-state index in [9.17, 15) is 19.2 Å². The minimum atomic E-state index is -0.540. The van der Waals surface area contributed by atoms with Crippen molar-refractivity contribution in [1.82, 2.24) is 15.6 Å². The third-order valence-corrected chi connectivity index (χ3v) is 10.4. The lowest BCUT2D eigenvalue weighted by Crippen LogP contribution is -2.33. The molecule has 3 N–H and O–H groups in total. The van der Waals surface area contributed by atoms with Crippen LogP contribution in [0, 0.1) is 0 Å². The molecule has 3 amide bonds. The molecule has 0 radical (unpaired) electrons. The van der Waals surface area contributed by atoms with Crippen LogP contribution in [-0.4, -0.2) is 57.7 Å². The normalized spacial score (nSPS) is 13.3. The van der Waals surface area contributed by atoms with Crippen molar-refractivity contribution in [2.24, 2.45) is 0 Å². The second-order valence-corrected chi connectivity index (χ2v) is 13.9. The maximum absolute atomic E-state index is 14.2. The smallest absolute Gasteiger partial charge is 0.245 e. The van der Waals surface area contributed by atoms with E-state index < -0.39 is 23.3 Å². The lowest BCUT2D eigenvalue weighted by Gasteiger charge is -2.20. The van der Waals surface area contributed by atoms with Gasteiger partial charge in [-0.15, -0.1) is 0 Å². The standard InChI is InChI=1S/C41H38N4O9S/c1-21(46)43-29-13-11-23-15-32(51-3)39(52-4)40(53-5)36(23)26-17-27-28(37(22-9-7-6-8-10-22)54-38(27)31(47)18-25(26)29)19-34(48)42-20-35(49)45-41-44-30-14-12-24(50-2)16-33(30)55-41/h6-10,12,14-18,29H,11,13,19-20H2,1-5H3,(H,42,48)(H,43,46)(H,44,45,49)/t29-/m0/s1. The van der Waals surface area contributed by atoms with Gasteiger partial charge in [-0.3, -0.25) is 19.2 Å². The molecule has 1 aliphatic rings. The Kier molecular flexibility index (Phi) is 10.4. The van der Waals surface area contributed by atoms with Crippen LogP contribution in [0.5, 0.6) is 23.0 Å². The van der Waals surface area contributed by atoms with Gasteiger partial charge >= 0.3 is 0 Å². The molecule has 2 heterocycles. The summed E-state index contributed by atoms with van der Waals surface area (Å²) in [7, 11) is 6.15. The average Bonchev–Trinajstić information content (AvgIpc) is 3.67. The lowest BCUT2D eigenvalue weighted by molar-refractivity contribution is -0.123. The van der Waals surface area contributed by atoms with Crippen molar-refractivity contribution in [1.29, 1.82) is 0 Å². The first kappa shape index (κ1) is 36.9. The number of aryl methyl sites for hydroxylation is 1. The van der Waals surface area contributed by atoms with Crippen LogP contribution in [0.4, 0.5) is 5.13 Å².